The Morgan fingerprint density at radius 1 is 0.471 bits per heavy atom. The molecule has 0 amide bonds. The maximum Gasteiger partial charge on any atom is 0.297 e. The molecule has 6 aromatic carbocycles. The first-order chi connectivity index (χ1) is 32.1. The van der Waals surface area contributed by atoms with E-state index in [-0.39, 0.29) is 39.2 Å². The number of hydrogen-bond acceptors (Lipinski definition) is 4. The summed E-state index contributed by atoms with van der Waals surface area (Å²) < 4.78 is 10.4. The molecule has 0 fully saturated rings. The first kappa shape index (κ1) is 42.8. The fraction of sp³-hybridized carbons (Fsp3) is 0.397. The Bertz CT molecular complexity index is 3520. The summed E-state index contributed by atoms with van der Waals surface area (Å²) in [6, 6.07) is 38.9. The molecule has 0 radical (unpaired) electrons. The van der Waals surface area contributed by atoms with E-state index in [1.165, 1.54) is 129 Å². The van der Waals surface area contributed by atoms with E-state index in [0.717, 1.165) is 30.5 Å². The van der Waals surface area contributed by atoms with Crippen molar-refractivity contribution in [3.63, 3.8) is 0 Å². The van der Waals surface area contributed by atoms with Gasteiger partial charge in [-0.3, -0.25) is 0 Å². The monoisotopic (exact) mass is 911 g/mol. The van der Waals surface area contributed by atoms with Crippen LogP contribution in [0.15, 0.2) is 101 Å². The van der Waals surface area contributed by atoms with Crippen molar-refractivity contribution >= 4 is 99.9 Å². The van der Waals surface area contributed by atoms with Crippen molar-refractivity contribution in [1.82, 2.24) is 0 Å². The van der Waals surface area contributed by atoms with E-state index in [1.54, 1.807) is 0 Å². The minimum Gasteiger partial charge on any atom is -0.468 e. The van der Waals surface area contributed by atoms with Gasteiger partial charge in [0, 0.05) is 48.3 Å². The minimum atomic E-state index is -0.110. The smallest absolute Gasteiger partial charge is 0.297 e. The van der Waals surface area contributed by atoms with Gasteiger partial charge in [0.2, 0.25) is 0 Å². The van der Waals surface area contributed by atoms with Crippen LogP contribution in [-0.4, -0.2) is 6.71 Å². The van der Waals surface area contributed by atoms with Crippen LogP contribution in [0.5, 0.6) is 0 Å². The Labute approximate surface area is 409 Å². The molecule has 2 aromatic heterocycles. The number of hydrogen-bond donors (Lipinski definition) is 0. The van der Waals surface area contributed by atoms with E-state index >= 15 is 0 Å². The number of rotatable bonds is 2. The molecular formula is C63H67BN2OS. The van der Waals surface area contributed by atoms with Gasteiger partial charge in [-0.25, -0.2) is 0 Å². The van der Waals surface area contributed by atoms with E-state index in [4.69, 9.17) is 4.42 Å². The molecule has 0 spiro atoms. The van der Waals surface area contributed by atoms with Crippen LogP contribution in [0.1, 0.15) is 161 Å². The average molecular weight is 911 g/mol. The van der Waals surface area contributed by atoms with Gasteiger partial charge >= 0.3 is 0 Å². The molecule has 68 heavy (non-hydrogen) atoms. The second kappa shape index (κ2) is 13.5. The molecule has 4 heterocycles. The molecule has 0 N–H and O–H groups in total. The van der Waals surface area contributed by atoms with Gasteiger partial charge in [-0.2, -0.15) is 0 Å². The normalized spacial score (nSPS) is 20.7. The number of aryl methyl sites for hydroxylation is 1. The Hall–Kier alpha value is -5.26. The van der Waals surface area contributed by atoms with Crippen LogP contribution < -0.4 is 26.4 Å². The molecule has 5 aliphatic rings. The molecule has 0 saturated heterocycles. The highest BCUT2D eigenvalue weighted by Gasteiger charge is 2.50. The van der Waals surface area contributed by atoms with Gasteiger partial charge in [-0.15, -0.1) is 11.3 Å². The van der Waals surface area contributed by atoms with Gasteiger partial charge in [0.1, 0.15) is 5.58 Å². The van der Waals surface area contributed by atoms with Gasteiger partial charge in [0.15, 0.2) is 0 Å². The lowest BCUT2D eigenvalue weighted by Crippen LogP contribution is -2.61. The van der Waals surface area contributed by atoms with Gasteiger partial charge in [0.05, 0.1) is 17.0 Å². The Kier molecular flexibility index (Phi) is 8.52. The Morgan fingerprint density at radius 2 is 1.01 bits per heavy atom. The first-order valence-corrected chi connectivity index (χ1v) is 26.5. The predicted molar refractivity (Wildman–Crippen MR) is 294 cm³/mol. The fourth-order valence-corrected chi connectivity index (χ4v) is 15.0. The van der Waals surface area contributed by atoms with E-state index < -0.39 is 0 Å². The van der Waals surface area contributed by atoms with E-state index in [2.05, 4.69) is 197 Å². The number of anilines is 6. The predicted octanol–water partition coefficient (Wildman–Crippen LogP) is 16.2. The third kappa shape index (κ3) is 5.78. The summed E-state index contributed by atoms with van der Waals surface area (Å²) in [6.07, 6.45) is 7.01. The summed E-state index contributed by atoms with van der Waals surface area (Å²) in [5, 5.41) is 3.88. The third-order valence-electron chi connectivity index (χ3n) is 18.5. The Balaban J connectivity index is 1.19. The van der Waals surface area contributed by atoms with Crippen molar-refractivity contribution < 1.29 is 4.42 Å². The lowest BCUT2D eigenvalue weighted by atomic mass is 9.35. The van der Waals surface area contributed by atoms with Gasteiger partial charge in [0.25, 0.3) is 6.71 Å². The summed E-state index contributed by atoms with van der Waals surface area (Å²) >= 11 is 1.91. The number of benzene rings is 6. The van der Waals surface area contributed by atoms with Gasteiger partial charge < -0.3 is 14.2 Å². The lowest BCUT2D eigenvalue weighted by Gasteiger charge is -2.47. The van der Waals surface area contributed by atoms with Crippen LogP contribution in [0.4, 0.5) is 34.1 Å². The quantitative estimate of drug-likeness (QED) is 0.161. The number of nitrogens with zero attached hydrogens (tertiary/aromatic N) is 2. The van der Waals surface area contributed by atoms with Gasteiger partial charge in [-0.1, -0.05) is 119 Å². The summed E-state index contributed by atoms with van der Waals surface area (Å²) in [4.78, 5) is 5.34. The second-order valence-electron chi connectivity index (χ2n) is 25.8. The van der Waals surface area contributed by atoms with Crippen molar-refractivity contribution in [1.29, 1.82) is 0 Å². The molecule has 3 nitrogen and oxygen atoms in total. The highest BCUT2D eigenvalue weighted by Crippen LogP contribution is 2.56. The topological polar surface area (TPSA) is 19.6 Å². The van der Waals surface area contributed by atoms with Crippen LogP contribution in [0.25, 0.3) is 31.1 Å². The van der Waals surface area contributed by atoms with Crippen molar-refractivity contribution in [2.24, 2.45) is 0 Å². The average Bonchev–Trinajstić information content (AvgIpc) is 3.86. The van der Waals surface area contributed by atoms with Crippen molar-refractivity contribution in [3.8, 4) is 0 Å². The SMILES string of the molecule is Cc1cc2c3c(c1)N(c1cccc4sc5ccccc5c14)c1cc4c(cc1B3c1oc3cc5c(cc3c1N2c1ccc2c(c1)C(C)(C)CCC2(C)C)C(C)(C)CCC5(C)C)C(C)(C)CCC4(C)C. The molecule has 0 bridgehead atoms. The maximum atomic E-state index is 7.73. The zero-order valence-electron chi connectivity index (χ0n) is 42.8. The van der Waals surface area contributed by atoms with Crippen LogP contribution >= 0.6 is 11.3 Å². The molecule has 344 valence electrons. The second-order valence-corrected chi connectivity index (χ2v) is 26.9. The summed E-state index contributed by atoms with van der Waals surface area (Å²) in [7, 11) is 0. The summed E-state index contributed by atoms with van der Waals surface area (Å²) in [5.74, 6) is 0. The largest absolute Gasteiger partial charge is 0.468 e. The van der Waals surface area contributed by atoms with Crippen LogP contribution in [0.3, 0.4) is 0 Å². The van der Waals surface area contributed by atoms with Crippen molar-refractivity contribution in [3.05, 3.63) is 136 Å². The number of thiophene rings is 1. The molecule has 2 aliphatic heterocycles. The molecule has 0 saturated carbocycles. The van der Waals surface area contributed by atoms with Crippen molar-refractivity contribution in [2.45, 2.75) is 161 Å². The lowest BCUT2D eigenvalue weighted by molar-refractivity contribution is 0.332. The maximum absolute atomic E-state index is 7.73. The van der Waals surface area contributed by atoms with Crippen LogP contribution in [0.2, 0.25) is 0 Å². The number of furan rings is 1. The zero-order chi connectivity index (χ0) is 47.4. The molecule has 8 aromatic rings. The summed E-state index contributed by atoms with van der Waals surface area (Å²) in [5.41, 5.74) is 22.7. The third-order valence-corrected chi connectivity index (χ3v) is 19.6. The van der Waals surface area contributed by atoms with Crippen LogP contribution in [-0.2, 0) is 32.5 Å². The molecule has 5 heteroatoms. The molecule has 3 aliphatic carbocycles. The van der Waals surface area contributed by atoms with E-state index in [0.29, 0.717) is 0 Å². The zero-order valence-corrected chi connectivity index (χ0v) is 43.6. The van der Waals surface area contributed by atoms with Crippen LogP contribution in [0, 0.1) is 6.92 Å². The minimum absolute atomic E-state index is 0.0298. The first-order valence-electron chi connectivity index (χ1n) is 25.7. The highest BCUT2D eigenvalue weighted by atomic mass is 32.1. The molecule has 0 atom stereocenters. The van der Waals surface area contributed by atoms with Crippen molar-refractivity contribution in [2.75, 3.05) is 9.80 Å². The molecule has 0 unspecified atom stereocenters. The standard InChI is InChI=1S/C63H67BN2OS/c1-36-29-49-55-50(30-36)66(47-18-16-20-53-54(47)38-17-14-15-19-52(38)68-53)48-34-44-43(61(8,9)26-27-62(44,10)11)33-46(48)64(55)57-56(39-32-42-45(35-51(39)67-57)63(12,13)28-25-60(42,6)7)65(49)37-21-22-40-41(31-37)59(4,5)24-23-58(40,2)3/h14-22,29-35H,23-28H2,1-13H3. The molecule has 13 rings (SSSR count). The summed E-state index contributed by atoms with van der Waals surface area (Å²) in [6.45, 7) is 31.8. The number of fused-ring (bicyclic) bond motifs is 12. The van der Waals surface area contributed by atoms with Gasteiger partial charge in [-0.05, 0) is 188 Å². The Morgan fingerprint density at radius 3 is 1.68 bits per heavy atom. The van der Waals surface area contributed by atoms with E-state index in [9.17, 15) is 0 Å². The molecular weight excluding hydrogens is 844 g/mol. The van der Waals surface area contributed by atoms with E-state index in [1.807, 2.05) is 11.3 Å². The highest BCUT2D eigenvalue weighted by molar-refractivity contribution is 7.26. The fourth-order valence-electron chi connectivity index (χ4n) is 13.9.